The largest absolute Gasteiger partial charge is 0.333 e. The van der Waals surface area contributed by atoms with Gasteiger partial charge in [-0.3, -0.25) is 4.79 Å². The minimum Gasteiger partial charge on any atom is -0.333 e. The first kappa shape index (κ1) is 23.0. The number of benzene rings is 2. The van der Waals surface area contributed by atoms with Crippen molar-refractivity contribution >= 4 is 15.9 Å². The van der Waals surface area contributed by atoms with Crippen LogP contribution < -0.4 is 0 Å². The number of aryl methyl sites for hydroxylation is 2. The number of rotatable bonds is 9. The first-order valence-electron chi connectivity index (χ1n) is 11.9. The molecular formula is C26H34N2O3S. The summed E-state index contributed by atoms with van der Waals surface area (Å²) in [5.41, 5.74) is 3.70. The summed E-state index contributed by atoms with van der Waals surface area (Å²) in [6.45, 7) is 4.60. The van der Waals surface area contributed by atoms with E-state index < -0.39 is 10.0 Å². The van der Waals surface area contributed by atoms with Crippen LogP contribution in [-0.4, -0.2) is 42.7 Å². The number of nitrogens with zero attached hydrogens (tertiary/aromatic N) is 2. The Kier molecular flexibility index (Phi) is 7.01. The van der Waals surface area contributed by atoms with Crippen molar-refractivity contribution in [3.05, 3.63) is 65.2 Å². The van der Waals surface area contributed by atoms with Gasteiger partial charge in [0, 0.05) is 25.6 Å². The van der Waals surface area contributed by atoms with Gasteiger partial charge in [0.2, 0.25) is 15.9 Å². The minimum absolute atomic E-state index is 0.196. The van der Waals surface area contributed by atoms with Crippen molar-refractivity contribution in [3.8, 4) is 0 Å². The Labute approximate surface area is 192 Å². The first-order chi connectivity index (χ1) is 15.5. The van der Waals surface area contributed by atoms with Gasteiger partial charge in [0.25, 0.3) is 0 Å². The zero-order chi connectivity index (χ0) is 22.7. The SMILES string of the molecule is CCN(CC)S(=O)(=O)c1ccc(CCC(=O)N(C2CC2)C2CCCc3ccccc32)cc1. The molecule has 4 rings (SSSR count). The predicted octanol–water partition coefficient (Wildman–Crippen LogP) is 4.72. The molecule has 0 N–H and O–H groups in total. The number of hydrogen-bond acceptors (Lipinski definition) is 3. The maximum Gasteiger partial charge on any atom is 0.243 e. The third-order valence-electron chi connectivity index (χ3n) is 6.80. The van der Waals surface area contributed by atoms with Crippen molar-refractivity contribution in [1.29, 1.82) is 0 Å². The lowest BCUT2D eigenvalue weighted by atomic mass is 9.86. The normalized spacial score (nSPS) is 18.4. The van der Waals surface area contributed by atoms with Gasteiger partial charge in [0.15, 0.2) is 0 Å². The molecule has 2 aromatic carbocycles. The Morgan fingerprint density at radius 2 is 1.66 bits per heavy atom. The van der Waals surface area contributed by atoms with Crippen LogP contribution in [-0.2, 0) is 27.7 Å². The van der Waals surface area contributed by atoms with Gasteiger partial charge in [-0.1, -0.05) is 50.2 Å². The zero-order valence-electron chi connectivity index (χ0n) is 19.2. The highest BCUT2D eigenvalue weighted by Gasteiger charge is 2.39. The summed E-state index contributed by atoms with van der Waals surface area (Å²) in [4.78, 5) is 15.8. The maximum absolute atomic E-state index is 13.3. The number of carbonyl (C=O) groups is 1. The number of hydrogen-bond donors (Lipinski definition) is 0. The van der Waals surface area contributed by atoms with Gasteiger partial charge >= 0.3 is 0 Å². The Hall–Kier alpha value is -2.18. The third kappa shape index (κ3) is 4.76. The predicted molar refractivity (Wildman–Crippen MR) is 127 cm³/mol. The fourth-order valence-corrected chi connectivity index (χ4v) is 6.38. The van der Waals surface area contributed by atoms with Crippen LogP contribution in [0.1, 0.15) is 68.7 Å². The van der Waals surface area contributed by atoms with E-state index in [0.717, 1.165) is 37.7 Å². The highest BCUT2D eigenvalue weighted by molar-refractivity contribution is 7.89. The van der Waals surface area contributed by atoms with Crippen LogP contribution in [0, 0.1) is 0 Å². The van der Waals surface area contributed by atoms with Gasteiger partial charge in [-0.05, 0) is 67.3 Å². The third-order valence-corrected chi connectivity index (χ3v) is 8.86. The summed E-state index contributed by atoms with van der Waals surface area (Å²) in [6.07, 6.45) is 6.55. The Balaban J connectivity index is 1.44. The van der Waals surface area contributed by atoms with Gasteiger partial charge < -0.3 is 4.90 Å². The highest BCUT2D eigenvalue weighted by atomic mass is 32.2. The van der Waals surface area contributed by atoms with Gasteiger partial charge in [0.05, 0.1) is 10.9 Å². The van der Waals surface area contributed by atoms with Crippen LogP contribution in [0.4, 0.5) is 0 Å². The number of carbonyl (C=O) groups excluding carboxylic acids is 1. The molecule has 32 heavy (non-hydrogen) atoms. The molecule has 2 aliphatic carbocycles. The van der Waals surface area contributed by atoms with E-state index in [4.69, 9.17) is 0 Å². The topological polar surface area (TPSA) is 57.7 Å². The van der Waals surface area contributed by atoms with Crippen molar-refractivity contribution in [1.82, 2.24) is 9.21 Å². The van der Waals surface area contributed by atoms with Crippen LogP contribution in [0.2, 0.25) is 0 Å². The summed E-state index contributed by atoms with van der Waals surface area (Å²) in [5.74, 6) is 0.217. The summed E-state index contributed by atoms with van der Waals surface area (Å²) in [6, 6.07) is 16.2. The first-order valence-corrected chi connectivity index (χ1v) is 13.4. The van der Waals surface area contributed by atoms with Crippen LogP contribution in [0.3, 0.4) is 0 Å². The van der Waals surface area contributed by atoms with Crippen molar-refractivity contribution in [3.63, 3.8) is 0 Å². The summed E-state index contributed by atoms with van der Waals surface area (Å²) >= 11 is 0. The van der Waals surface area contributed by atoms with Gasteiger partial charge in [-0.25, -0.2) is 8.42 Å². The number of fused-ring (bicyclic) bond motifs is 1. The summed E-state index contributed by atoms with van der Waals surface area (Å²) < 4.78 is 26.8. The van der Waals surface area contributed by atoms with E-state index in [-0.39, 0.29) is 11.9 Å². The molecule has 0 heterocycles. The molecule has 2 aliphatic rings. The molecule has 5 nitrogen and oxygen atoms in total. The molecule has 1 amide bonds. The average molecular weight is 455 g/mol. The lowest BCUT2D eigenvalue weighted by Crippen LogP contribution is -2.38. The van der Waals surface area contributed by atoms with Gasteiger partial charge in [-0.15, -0.1) is 0 Å². The van der Waals surface area contributed by atoms with Crippen molar-refractivity contribution < 1.29 is 13.2 Å². The van der Waals surface area contributed by atoms with Crippen molar-refractivity contribution in [2.75, 3.05) is 13.1 Å². The molecule has 1 saturated carbocycles. The summed E-state index contributed by atoms with van der Waals surface area (Å²) in [7, 11) is -3.45. The standard InChI is InChI=1S/C26H34N2O3S/c1-3-27(4-2)32(30,31)23-17-12-20(13-18-23)14-19-26(29)28(22-15-16-22)25-11-7-9-21-8-5-6-10-24(21)25/h5-6,8,10,12-13,17-18,22,25H,3-4,7,9,11,14-16,19H2,1-2H3. The summed E-state index contributed by atoms with van der Waals surface area (Å²) in [5, 5.41) is 0. The monoisotopic (exact) mass is 454 g/mol. The molecule has 0 saturated heterocycles. The van der Waals surface area contributed by atoms with E-state index >= 15 is 0 Å². The molecule has 0 bridgehead atoms. The lowest BCUT2D eigenvalue weighted by molar-refractivity contribution is -0.134. The molecule has 1 unspecified atom stereocenters. The molecule has 172 valence electrons. The van der Waals surface area contributed by atoms with Crippen LogP contribution in [0.25, 0.3) is 0 Å². The highest BCUT2D eigenvalue weighted by Crippen LogP contribution is 2.41. The molecule has 6 heteroatoms. The fraction of sp³-hybridized carbons (Fsp3) is 0.500. The second-order valence-electron chi connectivity index (χ2n) is 8.87. The quantitative estimate of drug-likeness (QED) is 0.551. The number of amides is 1. The van der Waals surface area contributed by atoms with E-state index in [9.17, 15) is 13.2 Å². The van der Waals surface area contributed by atoms with Gasteiger partial charge in [0.1, 0.15) is 0 Å². The van der Waals surface area contributed by atoms with E-state index in [0.29, 0.717) is 36.9 Å². The smallest absolute Gasteiger partial charge is 0.243 e. The van der Waals surface area contributed by atoms with Crippen LogP contribution in [0.5, 0.6) is 0 Å². The molecular weight excluding hydrogens is 420 g/mol. The Morgan fingerprint density at radius 3 is 2.31 bits per heavy atom. The van der Waals surface area contributed by atoms with Crippen molar-refractivity contribution in [2.24, 2.45) is 0 Å². The zero-order valence-corrected chi connectivity index (χ0v) is 20.0. The van der Waals surface area contributed by atoms with E-state index in [1.54, 1.807) is 12.1 Å². The second-order valence-corrected chi connectivity index (χ2v) is 10.8. The molecule has 0 spiro atoms. The van der Waals surface area contributed by atoms with Crippen molar-refractivity contribution in [2.45, 2.75) is 75.8 Å². The van der Waals surface area contributed by atoms with Crippen LogP contribution >= 0.6 is 0 Å². The Bertz CT molecular complexity index is 1040. The second kappa shape index (κ2) is 9.75. The minimum atomic E-state index is -3.45. The molecule has 1 atom stereocenters. The average Bonchev–Trinajstić information content (AvgIpc) is 3.64. The number of sulfonamides is 1. The molecule has 0 aliphatic heterocycles. The van der Waals surface area contributed by atoms with Gasteiger partial charge in [-0.2, -0.15) is 4.31 Å². The van der Waals surface area contributed by atoms with E-state index in [1.807, 2.05) is 26.0 Å². The molecule has 0 radical (unpaired) electrons. The van der Waals surface area contributed by atoms with Crippen LogP contribution in [0.15, 0.2) is 53.4 Å². The van der Waals surface area contributed by atoms with E-state index in [2.05, 4.69) is 29.2 Å². The maximum atomic E-state index is 13.3. The molecule has 2 aromatic rings. The van der Waals surface area contributed by atoms with E-state index in [1.165, 1.54) is 15.4 Å². The fourth-order valence-electron chi connectivity index (χ4n) is 4.92. The molecule has 1 fully saturated rings. The Morgan fingerprint density at radius 1 is 0.969 bits per heavy atom. The lowest BCUT2D eigenvalue weighted by Gasteiger charge is -2.36. The molecule has 0 aromatic heterocycles.